The first kappa shape index (κ1) is 10.4. The van der Waals surface area contributed by atoms with Crippen molar-refractivity contribution >= 4 is 12.4 Å². The molecule has 0 saturated carbocycles. The van der Waals surface area contributed by atoms with Crippen LogP contribution in [0.5, 0.6) is 0 Å². The predicted molar refractivity (Wildman–Crippen MR) is 47.4 cm³/mol. The maximum Gasteiger partial charge on any atom is 0.213 e. The molecular formula is C7H12ClN3O2. The van der Waals surface area contributed by atoms with Crippen LogP contribution in [0.15, 0.2) is 10.9 Å². The lowest BCUT2D eigenvalue weighted by Gasteiger charge is -2.24. The molecule has 0 radical (unpaired) electrons. The molecule has 2 atom stereocenters. The zero-order valence-corrected chi connectivity index (χ0v) is 7.87. The van der Waals surface area contributed by atoms with Gasteiger partial charge in [0.25, 0.3) is 0 Å². The van der Waals surface area contributed by atoms with Gasteiger partial charge in [0.1, 0.15) is 6.10 Å². The first-order valence-corrected chi connectivity index (χ1v) is 3.99. The maximum atomic E-state index is 5.66. The average Bonchev–Trinajstić information content (AvgIpc) is 2.58. The third kappa shape index (κ3) is 2.40. The summed E-state index contributed by atoms with van der Waals surface area (Å²) in [5.74, 6) is 0.627. The Morgan fingerprint density at radius 1 is 1.46 bits per heavy atom. The molecule has 2 rings (SSSR count). The summed E-state index contributed by atoms with van der Waals surface area (Å²) in [5.41, 5.74) is 5.66. The lowest BCUT2D eigenvalue weighted by Crippen LogP contribution is -2.32. The van der Waals surface area contributed by atoms with Gasteiger partial charge in [-0.25, -0.2) is 0 Å². The van der Waals surface area contributed by atoms with Gasteiger partial charge in [0.05, 0.1) is 6.61 Å². The van der Waals surface area contributed by atoms with E-state index in [1.807, 2.05) is 0 Å². The van der Waals surface area contributed by atoms with Crippen LogP contribution in [0.2, 0.25) is 0 Å². The Morgan fingerprint density at radius 3 is 2.85 bits per heavy atom. The van der Waals surface area contributed by atoms with Gasteiger partial charge in [-0.3, -0.25) is 0 Å². The normalized spacial score (nSPS) is 28.1. The highest BCUT2D eigenvalue weighted by Crippen LogP contribution is 2.24. The van der Waals surface area contributed by atoms with Gasteiger partial charge in [0.15, 0.2) is 5.82 Å². The van der Waals surface area contributed by atoms with Crippen LogP contribution < -0.4 is 5.73 Å². The Bertz CT molecular complexity index is 234. The summed E-state index contributed by atoms with van der Waals surface area (Å²) in [6.07, 6.45) is 3.12. The van der Waals surface area contributed by atoms with Crippen molar-refractivity contribution in [1.82, 2.24) is 10.1 Å². The number of hydrogen-bond donors (Lipinski definition) is 1. The molecule has 0 unspecified atom stereocenters. The van der Waals surface area contributed by atoms with Gasteiger partial charge in [-0.05, 0) is 12.8 Å². The van der Waals surface area contributed by atoms with Crippen molar-refractivity contribution in [2.75, 3.05) is 6.61 Å². The van der Waals surface area contributed by atoms with Gasteiger partial charge in [0, 0.05) is 6.04 Å². The molecule has 1 aromatic rings. The van der Waals surface area contributed by atoms with E-state index in [4.69, 9.17) is 10.5 Å². The number of halogens is 1. The number of rotatable bonds is 1. The maximum absolute atomic E-state index is 5.66. The molecule has 6 heteroatoms. The summed E-state index contributed by atoms with van der Waals surface area (Å²) < 4.78 is 10.0. The van der Waals surface area contributed by atoms with Crippen molar-refractivity contribution in [2.24, 2.45) is 5.73 Å². The fourth-order valence-electron chi connectivity index (χ4n) is 1.30. The molecule has 2 heterocycles. The van der Waals surface area contributed by atoms with E-state index in [0.29, 0.717) is 12.4 Å². The molecule has 0 bridgehead atoms. The van der Waals surface area contributed by atoms with Gasteiger partial charge in [-0.15, -0.1) is 12.4 Å². The zero-order valence-electron chi connectivity index (χ0n) is 7.05. The van der Waals surface area contributed by atoms with E-state index in [1.54, 1.807) is 0 Å². The molecule has 0 spiro atoms. The Balaban J connectivity index is 0.000000845. The Hall–Kier alpha value is -0.650. The molecule has 74 valence electrons. The van der Waals surface area contributed by atoms with E-state index in [9.17, 15) is 0 Å². The molecule has 1 aliphatic rings. The third-order valence-electron chi connectivity index (χ3n) is 1.98. The van der Waals surface area contributed by atoms with E-state index in [1.165, 1.54) is 6.39 Å². The van der Waals surface area contributed by atoms with Gasteiger partial charge in [-0.2, -0.15) is 4.98 Å². The van der Waals surface area contributed by atoms with Gasteiger partial charge >= 0.3 is 0 Å². The van der Waals surface area contributed by atoms with Crippen molar-refractivity contribution in [2.45, 2.75) is 25.0 Å². The summed E-state index contributed by atoms with van der Waals surface area (Å²) in [6, 6.07) is 0.160. The predicted octanol–water partition coefficient (Wildman–Crippen LogP) is 0.670. The summed E-state index contributed by atoms with van der Waals surface area (Å²) in [4.78, 5) is 3.92. The molecule has 0 amide bonds. The van der Waals surface area contributed by atoms with Crippen molar-refractivity contribution < 1.29 is 9.26 Å². The first-order valence-electron chi connectivity index (χ1n) is 3.99. The summed E-state index contributed by atoms with van der Waals surface area (Å²) in [5, 5.41) is 3.71. The first-order chi connectivity index (χ1) is 5.86. The van der Waals surface area contributed by atoms with Crippen molar-refractivity contribution in [1.29, 1.82) is 0 Å². The number of ether oxygens (including phenoxy) is 1. The average molecular weight is 206 g/mol. The van der Waals surface area contributed by atoms with Gasteiger partial charge in [0.2, 0.25) is 6.39 Å². The lowest BCUT2D eigenvalue weighted by molar-refractivity contribution is -0.00220. The molecule has 1 fully saturated rings. The number of nitrogens with zero attached hydrogens (tertiary/aromatic N) is 2. The molecule has 1 aromatic heterocycles. The zero-order chi connectivity index (χ0) is 8.39. The van der Waals surface area contributed by atoms with Crippen LogP contribution in [0.1, 0.15) is 24.8 Å². The topological polar surface area (TPSA) is 74.2 Å². The van der Waals surface area contributed by atoms with Crippen molar-refractivity contribution in [3.05, 3.63) is 12.2 Å². The minimum Gasteiger partial charge on any atom is -0.368 e. The fourth-order valence-corrected chi connectivity index (χ4v) is 1.30. The van der Waals surface area contributed by atoms with Crippen LogP contribution in [-0.2, 0) is 4.74 Å². The Labute approximate surface area is 82.0 Å². The number of hydrogen-bond acceptors (Lipinski definition) is 5. The van der Waals surface area contributed by atoms with E-state index >= 15 is 0 Å². The van der Waals surface area contributed by atoms with E-state index < -0.39 is 0 Å². The molecule has 0 aromatic carbocycles. The quantitative estimate of drug-likeness (QED) is 0.730. The highest BCUT2D eigenvalue weighted by atomic mass is 35.5. The van der Waals surface area contributed by atoms with Crippen molar-refractivity contribution in [3.63, 3.8) is 0 Å². The largest absolute Gasteiger partial charge is 0.368 e. The number of nitrogens with two attached hydrogens (primary N) is 1. The standard InChI is InChI=1S/C7H11N3O2.ClH/c8-5-1-2-6(11-3-5)7-9-4-12-10-7;/h4-6H,1-3,8H2;1H/t5-,6+;/m1./s1. The van der Waals surface area contributed by atoms with Crippen LogP contribution >= 0.6 is 12.4 Å². The molecule has 0 aliphatic carbocycles. The highest BCUT2D eigenvalue weighted by molar-refractivity contribution is 5.85. The highest BCUT2D eigenvalue weighted by Gasteiger charge is 2.23. The molecule has 13 heavy (non-hydrogen) atoms. The van der Waals surface area contributed by atoms with Crippen LogP contribution in [-0.4, -0.2) is 22.8 Å². The smallest absolute Gasteiger partial charge is 0.213 e. The fraction of sp³-hybridized carbons (Fsp3) is 0.714. The monoisotopic (exact) mass is 205 g/mol. The second-order valence-corrected chi connectivity index (χ2v) is 2.95. The molecule has 5 nitrogen and oxygen atoms in total. The minimum absolute atomic E-state index is 0. The second kappa shape index (κ2) is 4.55. The molecule has 1 saturated heterocycles. The Kier molecular flexibility index (Phi) is 3.65. The van der Waals surface area contributed by atoms with Gasteiger partial charge < -0.3 is 15.0 Å². The SMILES string of the molecule is Cl.N[C@@H]1CC[C@@H](c2ncon2)OC1. The lowest BCUT2D eigenvalue weighted by atomic mass is 10.1. The van der Waals surface area contributed by atoms with E-state index in [0.717, 1.165) is 12.8 Å². The van der Waals surface area contributed by atoms with Crippen LogP contribution in [0.4, 0.5) is 0 Å². The summed E-state index contributed by atoms with van der Waals surface area (Å²) in [7, 11) is 0. The summed E-state index contributed by atoms with van der Waals surface area (Å²) in [6.45, 7) is 0.583. The molecule has 1 aliphatic heterocycles. The molecular weight excluding hydrogens is 194 g/mol. The van der Waals surface area contributed by atoms with Crippen LogP contribution in [0.25, 0.3) is 0 Å². The van der Waals surface area contributed by atoms with E-state index in [2.05, 4.69) is 14.7 Å². The molecule has 2 N–H and O–H groups in total. The third-order valence-corrected chi connectivity index (χ3v) is 1.98. The minimum atomic E-state index is -0.0245. The van der Waals surface area contributed by atoms with Crippen LogP contribution in [0, 0.1) is 0 Å². The second-order valence-electron chi connectivity index (χ2n) is 2.95. The van der Waals surface area contributed by atoms with Crippen LogP contribution in [0.3, 0.4) is 0 Å². The summed E-state index contributed by atoms with van der Waals surface area (Å²) >= 11 is 0. The van der Waals surface area contributed by atoms with Crippen molar-refractivity contribution in [3.8, 4) is 0 Å². The Morgan fingerprint density at radius 2 is 2.31 bits per heavy atom. The van der Waals surface area contributed by atoms with E-state index in [-0.39, 0.29) is 24.6 Å². The number of aromatic nitrogens is 2. The van der Waals surface area contributed by atoms with Gasteiger partial charge in [-0.1, -0.05) is 5.16 Å².